The molecule has 0 saturated carbocycles. The third-order valence-corrected chi connectivity index (χ3v) is 4.40. The van der Waals surface area contributed by atoms with Crippen molar-refractivity contribution in [2.45, 2.75) is 58.5 Å². The van der Waals surface area contributed by atoms with E-state index in [-0.39, 0.29) is 17.9 Å². The van der Waals surface area contributed by atoms with Crippen LogP contribution in [0.5, 0.6) is 5.75 Å². The summed E-state index contributed by atoms with van der Waals surface area (Å²) in [4.78, 5) is 0. The lowest BCUT2D eigenvalue weighted by molar-refractivity contribution is 0.284. The summed E-state index contributed by atoms with van der Waals surface area (Å²) in [5.41, 5.74) is 1.84. The zero-order valence-electron chi connectivity index (χ0n) is 15.2. The molecule has 0 N–H and O–H groups in total. The van der Waals surface area contributed by atoms with E-state index in [9.17, 15) is 8.78 Å². The summed E-state index contributed by atoms with van der Waals surface area (Å²) >= 11 is 0. The van der Waals surface area contributed by atoms with E-state index in [0.29, 0.717) is 0 Å². The number of hydrogen-bond acceptors (Lipinski definition) is 2. The van der Waals surface area contributed by atoms with Crippen molar-refractivity contribution < 1.29 is 13.5 Å². The molecule has 26 heavy (non-hydrogen) atoms. The maximum atomic E-state index is 13.8. The van der Waals surface area contributed by atoms with Gasteiger partial charge >= 0.3 is 0 Å². The fourth-order valence-corrected chi connectivity index (χ4v) is 2.80. The topological polar surface area (TPSA) is 33.0 Å². The molecule has 0 heterocycles. The second kappa shape index (κ2) is 10.6. The van der Waals surface area contributed by atoms with E-state index in [1.165, 1.54) is 56.2 Å². The summed E-state index contributed by atoms with van der Waals surface area (Å²) in [7, 11) is 0. The zero-order valence-corrected chi connectivity index (χ0v) is 15.2. The largest absolute Gasteiger partial charge is 0.486 e. The first kappa shape index (κ1) is 19.9. The smallest absolute Gasteiger partial charge is 0.202 e. The first-order valence-corrected chi connectivity index (χ1v) is 9.24. The molecular weight excluding hydrogens is 332 g/mol. The van der Waals surface area contributed by atoms with Crippen molar-refractivity contribution in [3.8, 4) is 11.8 Å². The maximum Gasteiger partial charge on any atom is 0.202 e. The molecule has 0 spiro atoms. The Morgan fingerprint density at radius 1 is 0.846 bits per heavy atom. The second-order valence-electron chi connectivity index (χ2n) is 6.47. The van der Waals surface area contributed by atoms with Gasteiger partial charge in [0.15, 0.2) is 11.6 Å². The molecule has 0 aliphatic carbocycles. The van der Waals surface area contributed by atoms with Gasteiger partial charge < -0.3 is 4.74 Å². The van der Waals surface area contributed by atoms with Crippen LogP contribution >= 0.6 is 0 Å². The molecule has 0 aromatic heterocycles. The van der Waals surface area contributed by atoms with Crippen LogP contribution in [0.25, 0.3) is 0 Å². The van der Waals surface area contributed by atoms with E-state index in [2.05, 4.69) is 19.1 Å². The molecule has 0 aliphatic rings. The lowest BCUT2D eigenvalue weighted by atomic mass is 10.0. The van der Waals surface area contributed by atoms with Crippen molar-refractivity contribution >= 4 is 0 Å². The number of ether oxygens (including phenoxy) is 1. The molecule has 0 atom stereocenters. The number of nitriles is 1. The van der Waals surface area contributed by atoms with E-state index in [0.717, 1.165) is 12.0 Å². The zero-order chi connectivity index (χ0) is 18.8. The van der Waals surface area contributed by atoms with Crippen LogP contribution in [0.2, 0.25) is 0 Å². The van der Waals surface area contributed by atoms with Crippen LogP contribution in [0, 0.1) is 23.0 Å². The highest BCUT2D eigenvalue weighted by molar-refractivity contribution is 5.38. The predicted molar refractivity (Wildman–Crippen MR) is 98.9 cm³/mol. The van der Waals surface area contributed by atoms with E-state index in [4.69, 9.17) is 10.00 Å². The summed E-state index contributed by atoms with van der Waals surface area (Å²) in [6.45, 7) is 2.37. The summed E-state index contributed by atoms with van der Waals surface area (Å²) in [5.74, 6) is -2.47. The fraction of sp³-hybridized carbons (Fsp3) is 0.409. The summed E-state index contributed by atoms with van der Waals surface area (Å²) in [6, 6.07) is 12.1. The molecule has 2 nitrogen and oxygen atoms in total. The van der Waals surface area contributed by atoms with Gasteiger partial charge in [0, 0.05) is 0 Å². The normalized spacial score (nSPS) is 10.5. The molecule has 2 aromatic rings. The summed E-state index contributed by atoms with van der Waals surface area (Å²) in [6.07, 6.45) is 8.71. The second-order valence-corrected chi connectivity index (χ2v) is 6.47. The number of halogens is 2. The van der Waals surface area contributed by atoms with Gasteiger partial charge in [-0.25, -0.2) is 4.39 Å². The lowest BCUT2D eigenvalue weighted by Crippen LogP contribution is -2.00. The Hall–Kier alpha value is -2.41. The molecule has 4 heteroatoms. The van der Waals surface area contributed by atoms with Crippen LogP contribution < -0.4 is 4.74 Å². The van der Waals surface area contributed by atoms with Crippen LogP contribution in [0.4, 0.5) is 8.78 Å². The first-order chi connectivity index (χ1) is 12.7. The lowest BCUT2D eigenvalue weighted by Gasteiger charge is -2.09. The van der Waals surface area contributed by atoms with Gasteiger partial charge in [0.25, 0.3) is 0 Å². The fourth-order valence-electron chi connectivity index (χ4n) is 2.80. The quantitative estimate of drug-likeness (QED) is 0.466. The van der Waals surface area contributed by atoms with E-state index in [1.54, 1.807) is 6.07 Å². The third-order valence-electron chi connectivity index (χ3n) is 4.40. The molecule has 0 amide bonds. The minimum Gasteiger partial charge on any atom is -0.486 e. The Morgan fingerprint density at radius 3 is 2.19 bits per heavy atom. The molecular formula is C22H25F2NO. The molecule has 0 fully saturated rings. The van der Waals surface area contributed by atoms with Gasteiger partial charge in [0.1, 0.15) is 12.7 Å². The summed E-state index contributed by atoms with van der Waals surface area (Å²) in [5, 5.41) is 8.69. The van der Waals surface area contributed by atoms with Gasteiger partial charge in [0.2, 0.25) is 5.82 Å². The number of rotatable bonds is 10. The molecule has 0 aliphatic heterocycles. The number of hydrogen-bond donors (Lipinski definition) is 0. The minimum absolute atomic E-state index is 0.152. The number of benzene rings is 2. The molecule has 138 valence electrons. The molecule has 2 rings (SSSR count). The SMILES string of the molecule is CCCCCCCCc1ccc(COc2ccc(C#N)c(F)c2F)cc1. The van der Waals surface area contributed by atoms with Crippen molar-refractivity contribution in [3.05, 3.63) is 64.7 Å². The highest BCUT2D eigenvalue weighted by Crippen LogP contribution is 2.23. The highest BCUT2D eigenvalue weighted by atomic mass is 19.2. The third kappa shape index (κ3) is 5.84. The Balaban J connectivity index is 1.81. The number of aryl methyl sites for hydroxylation is 1. The van der Waals surface area contributed by atoms with Gasteiger partial charge in [-0.3, -0.25) is 0 Å². The average molecular weight is 357 g/mol. The Kier molecular flexibility index (Phi) is 8.08. The van der Waals surface area contributed by atoms with Crippen LogP contribution in [0.15, 0.2) is 36.4 Å². The van der Waals surface area contributed by atoms with E-state index >= 15 is 0 Å². The molecule has 0 bridgehead atoms. The Bertz CT molecular complexity index is 735. The molecule has 0 saturated heterocycles. The van der Waals surface area contributed by atoms with Gasteiger partial charge in [0.05, 0.1) is 5.56 Å². The first-order valence-electron chi connectivity index (χ1n) is 9.24. The monoisotopic (exact) mass is 357 g/mol. The number of unbranched alkanes of at least 4 members (excludes halogenated alkanes) is 5. The highest BCUT2D eigenvalue weighted by Gasteiger charge is 2.14. The van der Waals surface area contributed by atoms with Crippen molar-refractivity contribution in [1.82, 2.24) is 0 Å². The van der Waals surface area contributed by atoms with Gasteiger partial charge in [-0.05, 0) is 36.1 Å². The van der Waals surface area contributed by atoms with Crippen LogP contribution in [0.3, 0.4) is 0 Å². The van der Waals surface area contributed by atoms with Crippen molar-refractivity contribution in [2.24, 2.45) is 0 Å². The Morgan fingerprint density at radius 2 is 1.50 bits per heavy atom. The average Bonchev–Trinajstić information content (AvgIpc) is 2.67. The van der Waals surface area contributed by atoms with Crippen molar-refractivity contribution in [2.75, 3.05) is 0 Å². The Labute approximate surface area is 154 Å². The standard InChI is InChI=1S/C22H25F2NO/c1-2-3-4-5-6-7-8-17-9-11-18(12-10-17)16-26-20-14-13-19(15-25)21(23)22(20)24/h9-14H,2-8,16H2,1H3. The van der Waals surface area contributed by atoms with Gasteiger partial charge in [-0.2, -0.15) is 9.65 Å². The minimum atomic E-state index is -1.17. The molecule has 2 aromatic carbocycles. The maximum absolute atomic E-state index is 13.8. The van der Waals surface area contributed by atoms with Gasteiger partial charge in [-0.15, -0.1) is 0 Å². The number of nitrogens with zero attached hydrogens (tertiary/aromatic N) is 1. The van der Waals surface area contributed by atoms with Crippen molar-refractivity contribution in [3.63, 3.8) is 0 Å². The predicted octanol–water partition coefficient (Wildman–Crippen LogP) is 6.32. The van der Waals surface area contributed by atoms with Crippen LogP contribution in [0.1, 0.15) is 62.1 Å². The molecule has 0 radical (unpaired) electrons. The van der Waals surface area contributed by atoms with E-state index < -0.39 is 11.6 Å². The van der Waals surface area contributed by atoms with Crippen LogP contribution in [-0.2, 0) is 13.0 Å². The van der Waals surface area contributed by atoms with E-state index in [1.807, 2.05) is 12.1 Å². The van der Waals surface area contributed by atoms with Crippen molar-refractivity contribution in [1.29, 1.82) is 5.26 Å². The van der Waals surface area contributed by atoms with Gasteiger partial charge in [-0.1, -0.05) is 63.3 Å². The molecule has 0 unspecified atom stereocenters. The summed E-state index contributed by atoms with van der Waals surface area (Å²) < 4.78 is 32.7. The van der Waals surface area contributed by atoms with Crippen LogP contribution in [-0.4, -0.2) is 0 Å².